The van der Waals surface area contributed by atoms with Gasteiger partial charge in [0.15, 0.2) is 12.3 Å². The number of rotatable bonds is 5. The van der Waals surface area contributed by atoms with Crippen molar-refractivity contribution in [2.24, 2.45) is 10.8 Å². The number of ether oxygens (including phenoxy) is 1. The predicted molar refractivity (Wildman–Crippen MR) is 138 cm³/mol. The van der Waals surface area contributed by atoms with Crippen LogP contribution in [0.2, 0.25) is 5.15 Å². The number of nitriles is 1. The van der Waals surface area contributed by atoms with Gasteiger partial charge >= 0.3 is 0 Å². The van der Waals surface area contributed by atoms with E-state index < -0.39 is 17.5 Å². The molecule has 1 amide bonds. The van der Waals surface area contributed by atoms with Crippen LogP contribution in [0.1, 0.15) is 37.4 Å². The molecule has 0 spiro atoms. The summed E-state index contributed by atoms with van der Waals surface area (Å²) < 4.78 is 35.2. The number of anilines is 1. The predicted octanol–water partition coefficient (Wildman–Crippen LogP) is 5.41. The average molecular weight is 547 g/mol. The Morgan fingerprint density at radius 1 is 1.21 bits per heavy atom. The third kappa shape index (κ3) is 3.67. The molecular formula is C28H21ClF2N6O2. The minimum Gasteiger partial charge on any atom is -0.482 e. The molecule has 196 valence electrons. The van der Waals surface area contributed by atoms with E-state index >= 15 is 0 Å². The molecule has 4 heterocycles. The molecule has 11 heteroatoms. The van der Waals surface area contributed by atoms with Crippen molar-refractivity contribution in [1.82, 2.24) is 19.7 Å². The first-order valence-corrected chi connectivity index (χ1v) is 12.9. The molecule has 3 saturated carbocycles. The number of halogens is 3. The summed E-state index contributed by atoms with van der Waals surface area (Å²) in [6.45, 7) is 2.60. The van der Waals surface area contributed by atoms with E-state index in [0.29, 0.717) is 39.0 Å². The minimum absolute atomic E-state index is 0.0683. The number of carbonyl (C=O) groups is 1. The van der Waals surface area contributed by atoms with Crippen molar-refractivity contribution in [2.45, 2.75) is 39.3 Å². The van der Waals surface area contributed by atoms with Crippen LogP contribution in [0.4, 0.5) is 14.5 Å². The van der Waals surface area contributed by atoms with Crippen LogP contribution in [0, 0.1) is 33.8 Å². The summed E-state index contributed by atoms with van der Waals surface area (Å²) in [5.74, 6) is -1.66. The highest BCUT2D eigenvalue weighted by atomic mass is 35.5. The fraction of sp³-hybridized carbons (Fsp3) is 0.321. The second kappa shape index (κ2) is 8.20. The van der Waals surface area contributed by atoms with Gasteiger partial charge in [-0.2, -0.15) is 10.4 Å². The summed E-state index contributed by atoms with van der Waals surface area (Å²) in [6.07, 6.45) is 6.14. The zero-order chi connectivity index (χ0) is 27.1. The maximum absolute atomic E-state index is 14.3. The maximum Gasteiger partial charge on any atom is 0.265 e. The van der Waals surface area contributed by atoms with E-state index in [1.807, 2.05) is 4.68 Å². The first-order valence-electron chi connectivity index (χ1n) is 12.5. The Morgan fingerprint density at radius 2 is 2.00 bits per heavy atom. The van der Waals surface area contributed by atoms with Crippen molar-refractivity contribution in [2.75, 3.05) is 11.5 Å². The van der Waals surface area contributed by atoms with Crippen molar-refractivity contribution in [3.8, 4) is 22.9 Å². The van der Waals surface area contributed by atoms with Crippen LogP contribution in [-0.4, -0.2) is 32.3 Å². The molecule has 3 aliphatic carbocycles. The van der Waals surface area contributed by atoms with Crippen molar-refractivity contribution < 1.29 is 18.3 Å². The Labute approximate surface area is 226 Å². The molecule has 0 atom stereocenters. The van der Waals surface area contributed by atoms with Gasteiger partial charge in [-0.1, -0.05) is 24.6 Å². The zero-order valence-electron chi connectivity index (χ0n) is 20.8. The lowest BCUT2D eigenvalue weighted by atomic mass is 9.36. The molecule has 0 unspecified atom stereocenters. The van der Waals surface area contributed by atoms with E-state index in [4.69, 9.17) is 16.3 Å². The summed E-state index contributed by atoms with van der Waals surface area (Å²) >= 11 is 6.51. The van der Waals surface area contributed by atoms with Crippen LogP contribution in [-0.2, 0) is 17.9 Å². The number of pyridine rings is 2. The van der Waals surface area contributed by atoms with E-state index in [0.717, 1.165) is 18.8 Å². The Balaban J connectivity index is 1.28. The number of hydrogen-bond acceptors (Lipinski definition) is 6. The van der Waals surface area contributed by atoms with Crippen molar-refractivity contribution in [3.63, 3.8) is 0 Å². The molecule has 8 rings (SSSR count). The minimum atomic E-state index is -0.843. The van der Waals surface area contributed by atoms with Crippen LogP contribution < -0.4 is 9.64 Å². The lowest BCUT2D eigenvalue weighted by Crippen LogP contribution is -2.61. The third-order valence-electron chi connectivity index (χ3n) is 8.13. The Hall–Kier alpha value is -4.10. The quantitative estimate of drug-likeness (QED) is 0.310. The summed E-state index contributed by atoms with van der Waals surface area (Å²) in [5.41, 5.74) is 3.08. The van der Waals surface area contributed by atoms with Gasteiger partial charge < -0.3 is 4.74 Å². The number of nitrogens with zero attached hydrogens (tertiary/aromatic N) is 6. The van der Waals surface area contributed by atoms with Crippen molar-refractivity contribution in [1.29, 1.82) is 5.26 Å². The monoisotopic (exact) mass is 546 g/mol. The van der Waals surface area contributed by atoms with E-state index in [2.05, 4.69) is 28.1 Å². The van der Waals surface area contributed by atoms with Crippen LogP contribution in [0.5, 0.6) is 5.75 Å². The molecule has 1 aromatic carbocycles. The van der Waals surface area contributed by atoms with Crippen LogP contribution >= 0.6 is 11.6 Å². The maximum atomic E-state index is 14.3. The van der Waals surface area contributed by atoms with Gasteiger partial charge in [-0.15, -0.1) is 0 Å². The fourth-order valence-electron chi connectivity index (χ4n) is 6.87. The number of amides is 1. The second-order valence-electron chi connectivity index (χ2n) is 11.2. The smallest absolute Gasteiger partial charge is 0.265 e. The lowest BCUT2D eigenvalue weighted by molar-refractivity contribution is -0.199. The molecule has 4 aliphatic rings. The molecule has 0 N–H and O–H groups in total. The van der Waals surface area contributed by atoms with Gasteiger partial charge in [0, 0.05) is 23.6 Å². The largest absolute Gasteiger partial charge is 0.482 e. The molecule has 39 heavy (non-hydrogen) atoms. The zero-order valence-corrected chi connectivity index (χ0v) is 21.6. The summed E-state index contributed by atoms with van der Waals surface area (Å²) in [7, 11) is 0. The summed E-state index contributed by atoms with van der Waals surface area (Å²) in [6, 6.07) is 8.02. The highest BCUT2D eigenvalue weighted by molar-refractivity contribution is 6.31. The highest BCUT2D eigenvalue weighted by Crippen LogP contribution is 2.73. The normalized spacial score (nSPS) is 23.1. The molecule has 0 radical (unpaired) electrons. The molecule has 0 saturated heterocycles. The van der Waals surface area contributed by atoms with E-state index in [1.54, 1.807) is 24.4 Å². The topological polar surface area (TPSA) is 96.9 Å². The highest BCUT2D eigenvalue weighted by Gasteiger charge is 2.64. The van der Waals surface area contributed by atoms with Gasteiger partial charge in [-0.3, -0.25) is 14.7 Å². The van der Waals surface area contributed by atoms with Gasteiger partial charge in [0.25, 0.3) is 5.91 Å². The molecule has 2 bridgehead atoms. The number of fused-ring (bicyclic) bond motifs is 2. The number of carbonyl (C=O) groups excluding carboxylic acids is 1. The van der Waals surface area contributed by atoms with Crippen molar-refractivity contribution >= 4 is 34.2 Å². The third-order valence-corrected chi connectivity index (χ3v) is 8.40. The van der Waals surface area contributed by atoms with Crippen molar-refractivity contribution in [3.05, 3.63) is 64.7 Å². The number of hydrogen-bond donors (Lipinski definition) is 0. The molecular weight excluding hydrogens is 526 g/mol. The number of benzene rings is 1. The van der Waals surface area contributed by atoms with E-state index in [1.165, 1.54) is 24.2 Å². The number of aromatic nitrogens is 4. The lowest BCUT2D eigenvalue weighted by Gasteiger charge is -2.69. The van der Waals surface area contributed by atoms with E-state index in [9.17, 15) is 18.8 Å². The molecule has 3 fully saturated rings. The van der Waals surface area contributed by atoms with Gasteiger partial charge in [-0.05, 0) is 47.8 Å². The second-order valence-corrected chi connectivity index (χ2v) is 11.5. The van der Waals surface area contributed by atoms with Gasteiger partial charge in [0.1, 0.15) is 28.6 Å². The van der Waals surface area contributed by atoms with Crippen LogP contribution in [0.3, 0.4) is 0 Å². The fourth-order valence-corrected chi connectivity index (χ4v) is 7.08. The van der Waals surface area contributed by atoms with Gasteiger partial charge in [0.05, 0.1) is 35.9 Å². The van der Waals surface area contributed by atoms with Gasteiger partial charge in [0.2, 0.25) is 0 Å². The van der Waals surface area contributed by atoms with Crippen LogP contribution in [0.25, 0.3) is 22.2 Å². The molecule has 8 nitrogen and oxygen atoms in total. The first kappa shape index (κ1) is 24.0. The Morgan fingerprint density at radius 3 is 2.72 bits per heavy atom. The molecule has 1 aliphatic heterocycles. The first-order chi connectivity index (χ1) is 18.7. The average Bonchev–Trinajstić information content (AvgIpc) is 3.26. The SMILES string of the molecule is CC12CC(Cn3ncc4c(-c5ccc6c(c5)OCC(=O)N6Cc5ncc(F)cc5F)c(C#N)c(Cl)nc43)(C1)C2. The van der Waals surface area contributed by atoms with Gasteiger partial charge in [-0.25, -0.2) is 18.4 Å². The van der Waals surface area contributed by atoms with Crippen LogP contribution in [0.15, 0.2) is 36.7 Å². The molecule has 4 aromatic rings. The summed E-state index contributed by atoms with van der Waals surface area (Å²) in [5, 5.41) is 15.4. The molecule has 3 aromatic heterocycles. The standard InChI is InChI=1S/C28H21ClF2N6O2/c1-27-11-28(12-27,13-27)14-37-26-18(8-34-37)24(17(6-32)25(29)35-26)15-2-3-21-22(4-15)39-10-23(38)36(21)9-20-19(31)5-16(30)7-33-20/h2-5,7-8H,9-14H2,1H3. The van der Waals surface area contributed by atoms with E-state index in [-0.39, 0.29) is 35.0 Å². The Kier molecular flexibility index (Phi) is 5.04. The summed E-state index contributed by atoms with van der Waals surface area (Å²) in [4.78, 5) is 22.4. The Bertz CT molecular complexity index is 1740.